The van der Waals surface area contributed by atoms with Crippen LogP contribution in [0.15, 0.2) is 18.2 Å². The van der Waals surface area contributed by atoms with Crippen molar-refractivity contribution in [2.24, 2.45) is 5.14 Å². The molecular weight excluding hydrogens is 312 g/mol. The standard InChI is InChI=1S/C6H5FINO3S/c7-4-2-1-3-5(6(4)8)12-13(9,10)11/h1-3H,(H2,9,10,11). The number of hydrogen-bond acceptors (Lipinski definition) is 3. The van der Waals surface area contributed by atoms with Gasteiger partial charge in [-0.3, -0.25) is 0 Å². The number of nitrogens with two attached hydrogens (primary N) is 1. The summed E-state index contributed by atoms with van der Waals surface area (Å²) in [5, 5.41) is 4.61. The average molecular weight is 317 g/mol. The summed E-state index contributed by atoms with van der Waals surface area (Å²) in [5.41, 5.74) is 0. The van der Waals surface area contributed by atoms with Crippen molar-refractivity contribution in [2.45, 2.75) is 0 Å². The highest BCUT2D eigenvalue weighted by Gasteiger charge is 2.11. The topological polar surface area (TPSA) is 69.4 Å². The predicted molar refractivity (Wildman–Crippen MR) is 52.9 cm³/mol. The maximum atomic E-state index is 12.8. The van der Waals surface area contributed by atoms with Gasteiger partial charge in [0.15, 0.2) is 5.75 Å². The SMILES string of the molecule is NS(=O)(=O)Oc1cccc(F)c1I. The Hall–Kier alpha value is -0.410. The van der Waals surface area contributed by atoms with Gasteiger partial charge in [-0.05, 0) is 34.7 Å². The first-order valence-electron chi connectivity index (χ1n) is 3.06. The maximum absolute atomic E-state index is 12.8. The van der Waals surface area contributed by atoms with Gasteiger partial charge in [0.25, 0.3) is 0 Å². The van der Waals surface area contributed by atoms with Crippen molar-refractivity contribution in [2.75, 3.05) is 0 Å². The van der Waals surface area contributed by atoms with Gasteiger partial charge >= 0.3 is 10.3 Å². The third kappa shape index (κ3) is 3.08. The molecule has 0 saturated carbocycles. The molecule has 1 rings (SSSR count). The van der Waals surface area contributed by atoms with Crippen molar-refractivity contribution in [1.82, 2.24) is 0 Å². The van der Waals surface area contributed by atoms with Gasteiger partial charge in [-0.15, -0.1) is 0 Å². The van der Waals surface area contributed by atoms with Crippen LogP contribution in [0.2, 0.25) is 0 Å². The summed E-state index contributed by atoms with van der Waals surface area (Å²) in [6.45, 7) is 0. The molecule has 0 heterocycles. The van der Waals surface area contributed by atoms with Gasteiger partial charge in [0.1, 0.15) is 5.82 Å². The van der Waals surface area contributed by atoms with E-state index in [-0.39, 0.29) is 9.32 Å². The maximum Gasteiger partial charge on any atom is 0.380 e. The zero-order valence-electron chi connectivity index (χ0n) is 6.20. The quantitative estimate of drug-likeness (QED) is 0.828. The molecule has 0 unspecified atom stereocenters. The number of hydrogen-bond donors (Lipinski definition) is 1. The second kappa shape index (κ2) is 3.76. The highest BCUT2D eigenvalue weighted by Crippen LogP contribution is 2.23. The first kappa shape index (κ1) is 10.7. The molecule has 0 radical (unpaired) electrons. The van der Waals surface area contributed by atoms with Crippen LogP contribution in [-0.4, -0.2) is 8.42 Å². The largest absolute Gasteiger partial charge is 0.380 e. The second-order valence-electron chi connectivity index (χ2n) is 2.13. The van der Waals surface area contributed by atoms with Gasteiger partial charge in [0.05, 0.1) is 3.57 Å². The molecule has 4 nitrogen and oxygen atoms in total. The molecule has 0 spiro atoms. The molecule has 0 aliphatic heterocycles. The van der Waals surface area contributed by atoms with E-state index in [0.29, 0.717) is 0 Å². The van der Waals surface area contributed by atoms with E-state index in [2.05, 4.69) is 9.32 Å². The summed E-state index contributed by atoms with van der Waals surface area (Å²) in [4.78, 5) is 0. The van der Waals surface area contributed by atoms with Crippen LogP contribution < -0.4 is 9.32 Å². The molecule has 7 heteroatoms. The van der Waals surface area contributed by atoms with Gasteiger partial charge in [-0.2, -0.15) is 13.6 Å². The van der Waals surface area contributed by atoms with Crippen LogP contribution in [-0.2, 0) is 10.3 Å². The highest BCUT2D eigenvalue weighted by atomic mass is 127. The molecule has 1 aromatic rings. The molecule has 13 heavy (non-hydrogen) atoms. The minimum absolute atomic E-state index is 0.0779. The van der Waals surface area contributed by atoms with Crippen molar-refractivity contribution in [3.63, 3.8) is 0 Å². The first-order valence-corrected chi connectivity index (χ1v) is 5.61. The van der Waals surface area contributed by atoms with Crippen molar-refractivity contribution in [3.05, 3.63) is 27.6 Å². The summed E-state index contributed by atoms with van der Waals surface area (Å²) in [5.74, 6) is -0.662. The molecule has 2 N–H and O–H groups in total. The molecule has 0 aliphatic rings. The van der Waals surface area contributed by atoms with Crippen molar-refractivity contribution in [3.8, 4) is 5.75 Å². The summed E-state index contributed by atoms with van der Waals surface area (Å²) < 4.78 is 38.2. The van der Waals surface area contributed by atoms with E-state index < -0.39 is 16.1 Å². The number of benzene rings is 1. The summed E-state index contributed by atoms with van der Waals surface area (Å²) >= 11 is 1.62. The molecule has 0 amide bonds. The highest BCUT2D eigenvalue weighted by molar-refractivity contribution is 14.1. The molecule has 0 aromatic heterocycles. The number of rotatable bonds is 2. The fraction of sp³-hybridized carbons (Fsp3) is 0. The molecule has 1 aromatic carbocycles. The molecule has 0 atom stereocenters. The molecule has 0 fully saturated rings. The first-order chi connectivity index (χ1) is 5.90. The van der Waals surface area contributed by atoms with Crippen molar-refractivity contribution < 1.29 is 17.0 Å². The normalized spacial score (nSPS) is 11.3. The second-order valence-corrected chi connectivity index (χ2v) is 4.36. The Morgan fingerprint density at radius 2 is 2.08 bits per heavy atom. The molecule has 0 bridgehead atoms. The minimum Gasteiger partial charge on any atom is -0.370 e. The lowest BCUT2D eigenvalue weighted by Gasteiger charge is -2.04. The molecule has 72 valence electrons. The molecule has 0 aliphatic carbocycles. The van der Waals surface area contributed by atoms with Crippen LogP contribution in [0.25, 0.3) is 0 Å². The average Bonchev–Trinajstić information content (AvgIpc) is 1.96. The Labute approximate surface area is 88.3 Å². The van der Waals surface area contributed by atoms with E-state index >= 15 is 0 Å². The van der Waals surface area contributed by atoms with Crippen LogP contribution >= 0.6 is 22.6 Å². The minimum atomic E-state index is -4.09. The monoisotopic (exact) mass is 317 g/mol. The Morgan fingerprint density at radius 1 is 1.46 bits per heavy atom. The lowest BCUT2D eigenvalue weighted by molar-refractivity contribution is 0.482. The molecular formula is C6H5FINO3S. The zero-order chi connectivity index (χ0) is 10.1. The van der Waals surface area contributed by atoms with Gasteiger partial charge in [-0.25, -0.2) is 4.39 Å². The van der Waals surface area contributed by atoms with Crippen molar-refractivity contribution >= 4 is 32.9 Å². The Kier molecular flexibility index (Phi) is 3.09. The van der Waals surface area contributed by atoms with Crippen LogP contribution in [0, 0.1) is 9.39 Å². The number of halogens is 2. The third-order valence-electron chi connectivity index (χ3n) is 1.12. The summed E-state index contributed by atoms with van der Waals surface area (Å²) in [7, 11) is -4.09. The lowest BCUT2D eigenvalue weighted by Crippen LogP contribution is -2.19. The molecule has 0 saturated heterocycles. The van der Waals surface area contributed by atoms with Gasteiger partial charge in [0.2, 0.25) is 0 Å². The predicted octanol–water partition coefficient (Wildman–Crippen LogP) is 1.01. The van der Waals surface area contributed by atoms with Gasteiger partial charge in [-0.1, -0.05) is 6.07 Å². The fourth-order valence-electron chi connectivity index (χ4n) is 0.674. The van der Waals surface area contributed by atoms with Gasteiger partial charge < -0.3 is 4.18 Å². The lowest BCUT2D eigenvalue weighted by atomic mass is 10.3. The van der Waals surface area contributed by atoms with Crippen LogP contribution in [0.5, 0.6) is 5.75 Å². The van der Waals surface area contributed by atoms with E-state index in [9.17, 15) is 12.8 Å². The van der Waals surface area contributed by atoms with E-state index in [1.807, 2.05) is 0 Å². The van der Waals surface area contributed by atoms with Crippen molar-refractivity contribution in [1.29, 1.82) is 0 Å². The van der Waals surface area contributed by atoms with Crippen LogP contribution in [0.1, 0.15) is 0 Å². The van der Waals surface area contributed by atoms with E-state index in [1.165, 1.54) is 18.2 Å². The fourth-order valence-corrected chi connectivity index (χ4v) is 1.68. The third-order valence-corrected chi connectivity index (χ3v) is 2.58. The zero-order valence-corrected chi connectivity index (χ0v) is 9.17. The van der Waals surface area contributed by atoms with E-state index in [1.54, 1.807) is 22.6 Å². The summed E-state index contributed by atoms with van der Waals surface area (Å²) in [6.07, 6.45) is 0. The van der Waals surface area contributed by atoms with Gasteiger partial charge in [0, 0.05) is 0 Å². The van der Waals surface area contributed by atoms with Crippen LogP contribution in [0.3, 0.4) is 0 Å². The van der Waals surface area contributed by atoms with E-state index in [0.717, 1.165) is 0 Å². The van der Waals surface area contributed by atoms with E-state index in [4.69, 9.17) is 0 Å². The summed E-state index contributed by atoms with van der Waals surface area (Å²) in [6, 6.07) is 3.84. The Morgan fingerprint density at radius 3 is 2.62 bits per heavy atom. The Bertz CT molecular complexity index is 420. The smallest absolute Gasteiger partial charge is 0.370 e. The van der Waals surface area contributed by atoms with Crippen LogP contribution in [0.4, 0.5) is 4.39 Å². The Balaban J connectivity index is 3.10.